The summed E-state index contributed by atoms with van der Waals surface area (Å²) in [6.45, 7) is 2.62. The normalized spacial score (nSPS) is 12.6. The zero-order chi connectivity index (χ0) is 37.3. The fourth-order valence-corrected chi connectivity index (χ4v) is 8.26. The maximum absolute atomic E-state index is 6.93. The molecule has 5 nitrogen and oxygen atoms in total. The van der Waals surface area contributed by atoms with Crippen LogP contribution in [0.25, 0.3) is 65.6 Å². The van der Waals surface area contributed by atoms with Gasteiger partial charge >= 0.3 is 0 Å². The topological polar surface area (TPSA) is 73.4 Å². The number of rotatable bonds is 6. The molecule has 0 amide bonds. The van der Waals surface area contributed by atoms with Gasteiger partial charge in [0.15, 0.2) is 0 Å². The highest BCUT2D eigenvalue weighted by atomic mass is 15.0. The van der Waals surface area contributed by atoms with Crippen LogP contribution >= 0.6 is 0 Å². The number of nitrogens with zero attached hydrogens (tertiary/aromatic N) is 2. The second kappa shape index (κ2) is 14.7. The summed E-state index contributed by atoms with van der Waals surface area (Å²) in [4.78, 5) is 0. The van der Waals surface area contributed by atoms with Crippen LogP contribution in [0.5, 0.6) is 0 Å². The number of nitrogens with one attached hydrogen (secondary N) is 1. The van der Waals surface area contributed by atoms with Crippen molar-refractivity contribution in [1.82, 2.24) is 14.3 Å². The largest absolute Gasteiger partial charge is 0.320 e. The van der Waals surface area contributed by atoms with E-state index < -0.39 is 0 Å². The lowest BCUT2D eigenvalue weighted by Crippen LogP contribution is -2.25. The fourth-order valence-electron chi connectivity index (χ4n) is 8.26. The van der Waals surface area contributed by atoms with E-state index in [0.717, 1.165) is 44.1 Å². The first kappa shape index (κ1) is 34.3. The van der Waals surface area contributed by atoms with Crippen LogP contribution in [-0.4, -0.2) is 15.6 Å². The maximum Gasteiger partial charge on any atom is 0.0703 e. The van der Waals surface area contributed by atoms with Crippen LogP contribution in [0.15, 0.2) is 188 Å². The van der Waals surface area contributed by atoms with Crippen molar-refractivity contribution in [3.05, 3.63) is 205 Å². The van der Waals surface area contributed by atoms with Gasteiger partial charge in [-0.3, -0.25) is 5.32 Å². The second-order valence-corrected chi connectivity index (χ2v) is 14.0. The highest BCUT2D eigenvalue weighted by molar-refractivity contribution is 6.20. The molecule has 2 unspecified atom stereocenters. The van der Waals surface area contributed by atoms with Crippen LogP contribution in [-0.2, 0) is 0 Å². The van der Waals surface area contributed by atoms with E-state index in [4.69, 9.17) is 11.5 Å². The van der Waals surface area contributed by atoms with Gasteiger partial charge < -0.3 is 20.4 Å². The maximum atomic E-state index is 6.93. The number of aromatic nitrogens is 2. The van der Waals surface area contributed by atoms with Gasteiger partial charge in [-0.15, -0.1) is 0 Å². The van der Waals surface area contributed by atoms with E-state index in [2.05, 4.69) is 185 Å². The SMILES string of the molecule is CC(NCN)c1ccccc1.NC(c1ccccc1)c1ccc(-n2c3ccccc3c3cccc4c5ccccc5n(c5ccccc52)c34)c2ccccc12. The molecule has 268 valence electrons. The molecule has 0 aliphatic rings. The first-order chi connectivity index (χ1) is 27.1. The predicted molar refractivity (Wildman–Crippen MR) is 233 cm³/mol. The van der Waals surface area contributed by atoms with Crippen molar-refractivity contribution in [2.24, 2.45) is 11.5 Å². The average Bonchev–Trinajstić information content (AvgIpc) is 3.59. The molecule has 8 aromatic carbocycles. The zero-order valence-electron chi connectivity index (χ0n) is 30.8. The van der Waals surface area contributed by atoms with Crippen LogP contribution in [0.4, 0.5) is 0 Å². The molecule has 0 aliphatic carbocycles. The van der Waals surface area contributed by atoms with Crippen LogP contribution in [0.3, 0.4) is 0 Å². The minimum atomic E-state index is -0.228. The van der Waals surface area contributed by atoms with Crippen LogP contribution in [0.1, 0.15) is 35.7 Å². The molecule has 0 bridgehead atoms. The highest BCUT2D eigenvalue weighted by Crippen LogP contribution is 2.39. The van der Waals surface area contributed by atoms with Crippen molar-refractivity contribution in [3.8, 4) is 5.69 Å². The van der Waals surface area contributed by atoms with E-state index in [1.54, 1.807) is 0 Å². The zero-order valence-corrected chi connectivity index (χ0v) is 30.8. The number of hydrogen-bond acceptors (Lipinski definition) is 3. The molecule has 0 saturated carbocycles. The van der Waals surface area contributed by atoms with Crippen molar-refractivity contribution in [1.29, 1.82) is 0 Å². The second-order valence-electron chi connectivity index (χ2n) is 14.0. The molecule has 55 heavy (non-hydrogen) atoms. The van der Waals surface area contributed by atoms with Gasteiger partial charge in [-0.25, -0.2) is 0 Å². The number of fused-ring (bicyclic) bond motifs is 8. The Labute approximate surface area is 320 Å². The minimum Gasteiger partial charge on any atom is -0.320 e. The van der Waals surface area contributed by atoms with Crippen molar-refractivity contribution in [3.63, 3.8) is 0 Å². The van der Waals surface area contributed by atoms with E-state index in [9.17, 15) is 0 Å². The van der Waals surface area contributed by atoms with Gasteiger partial charge in [0.05, 0.1) is 39.3 Å². The Balaban J connectivity index is 0.000000314. The molecule has 0 fully saturated rings. The molecule has 0 spiro atoms. The summed E-state index contributed by atoms with van der Waals surface area (Å²) in [6.07, 6.45) is 0. The summed E-state index contributed by atoms with van der Waals surface area (Å²) in [5.41, 5.74) is 22.8. The van der Waals surface area contributed by atoms with Crippen LogP contribution < -0.4 is 16.8 Å². The number of nitrogens with two attached hydrogens (primary N) is 2. The molecule has 0 radical (unpaired) electrons. The summed E-state index contributed by atoms with van der Waals surface area (Å²) in [7, 11) is 0. The molecule has 0 aliphatic heterocycles. The Hall–Kier alpha value is -6.50. The van der Waals surface area contributed by atoms with E-state index in [1.807, 2.05) is 24.3 Å². The molecule has 5 heteroatoms. The van der Waals surface area contributed by atoms with E-state index in [1.165, 1.54) is 38.1 Å². The molecular formula is C50H43N5. The number of benzene rings is 8. The Morgan fingerprint density at radius 3 is 1.60 bits per heavy atom. The Bertz CT molecular complexity index is 2980. The average molecular weight is 714 g/mol. The van der Waals surface area contributed by atoms with E-state index >= 15 is 0 Å². The fraction of sp³-hybridized carbons (Fsp3) is 0.0800. The predicted octanol–water partition coefficient (Wildman–Crippen LogP) is 11.4. The third-order valence-corrected chi connectivity index (χ3v) is 10.9. The van der Waals surface area contributed by atoms with Gasteiger partial charge in [0.25, 0.3) is 0 Å². The molecule has 10 aromatic rings. The van der Waals surface area contributed by atoms with Gasteiger partial charge in [0, 0.05) is 39.6 Å². The van der Waals surface area contributed by atoms with Crippen molar-refractivity contribution in [2.45, 2.75) is 19.0 Å². The quantitative estimate of drug-likeness (QED) is 0.150. The van der Waals surface area contributed by atoms with Gasteiger partial charge in [0.1, 0.15) is 0 Å². The Morgan fingerprint density at radius 1 is 0.455 bits per heavy atom. The monoisotopic (exact) mass is 713 g/mol. The standard InChI is InChI=1S/C41H29N3.C9H14N2/c42-40(27-13-2-1-3-14-27)32-25-26-37(29-16-5-4-15-28(29)32)43-35-21-8-6-17-30(35)33-19-12-20-34-31-18-7-9-22-36(31)44(41(33)34)39-24-11-10-23-38(39)43;1-8(11-7-10)9-5-3-2-4-6-9/h1-26,40H,42H2;2-6,8,11H,7,10H2,1H3. The third-order valence-electron chi connectivity index (χ3n) is 10.9. The van der Waals surface area contributed by atoms with Crippen molar-refractivity contribution in [2.75, 3.05) is 6.67 Å². The summed E-state index contributed by atoms with van der Waals surface area (Å²) < 4.78 is 4.90. The molecule has 2 atom stereocenters. The number of hydrogen-bond donors (Lipinski definition) is 3. The van der Waals surface area contributed by atoms with E-state index in [0.29, 0.717) is 12.7 Å². The summed E-state index contributed by atoms with van der Waals surface area (Å²) in [6, 6.07) is 67.0. The van der Waals surface area contributed by atoms with Crippen LogP contribution in [0.2, 0.25) is 0 Å². The molecular weight excluding hydrogens is 671 g/mol. The number of para-hydroxylation sites is 5. The van der Waals surface area contributed by atoms with Gasteiger partial charge in [0.2, 0.25) is 0 Å². The van der Waals surface area contributed by atoms with Crippen molar-refractivity contribution < 1.29 is 0 Å². The lowest BCUT2D eigenvalue weighted by Gasteiger charge is -2.21. The summed E-state index contributed by atoms with van der Waals surface area (Å²) in [5, 5.41) is 10.4. The summed E-state index contributed by atoms with van der Waals surface area (Å²) in [5.74, 6) is 0. The lowest BCUT2D eigenvalue weighted by molar-refractivity contribution is 0.588. The first-order valence-electron chi connectivity index (χ1n) is 19.0. The molecule has 2 heterocycles. The minimum absolute atomic E-state index is 0.228. The molecule has 2 aromatic heterocycles. The third kappa shape index (κ3) is 6.05. The smallest absolute Gasteiger partial charge is 0.0703 e. The van der Waals surface area contributed by atoms with Gasteiger partial charge in [-0.1, -0.05) is 158 Å². The summed E-state index contributed by atoms with van der Waals surface area (Å²) >= 11 is 0. The molecule has 10 rings (SSSR count). The molecule has 5 N–H and O–H groups in total. The highest BCUT2D eigenvalue weighted by Gasteiger charge is 2.19. The van der Waals surface area contributed by atoms with Gasteiger partial charge in [-0.2, -0.15) is 0 Å². The molecule has 0 saturated heterocycles. The van der Waals surface area contributed by atoms with Gasteiger partial charge in [-0.05, 0) is 59.3 Å². The van der Waals surface area contributed by atoms with E-state index in [-0.39, 0.29) is 6.04 Å². The Morgan fingerprint density at radius 2 is 0.945 bits per heavy atom. The lowest BCUT2D eigenvalue weighted by atomic mass is 9.93. The van der Waals surface area contributed by atoms with Crippen molar-refractivity contribution >= 4 is 59.9 Å². The first-order valence-corrected chi connectivity index (χ1v) is 19.0. The van der Waals surface area contributed by atoms with Crippen LogP contribution in [0, 0.1) is 0 Å². The Kier molecular flexibility index (Phi) is 9.18.